The van der Waals surface area contributed by atoms with Crippen molar-refractivity contribution in [3.8, 4) is 0 Å². The van der Waals surface area contributed by atoms with Crippen LogP contribution in [0.3, 0.4) is 0 Å². The Morgan fingerprint density at radius 2 is 1.76 bits per heavy atom. The monoisotopic (exact) mass is 240 g/mol. The van der Waals surface area contributed by atoms with Gasteiger partial charge in [-0.3, -0.25) is 0 Å². The summed E-state index contributed by atoms with van der Waals surface area (Å²) in [5.41, 5.74) is 0.418. The summed E-state index contributed by atoms with van der Waals surface area (Å²) < 4.78 is 0. The first-order valence-electron chi connectivity index (χ1n) is 7.63. The Hall–Kier alpha value is -0.0400. The Bertz CT molecular complexity index is 204. The van der Waals surface area contributed by atoms with Crippen LogP contribution in [0.15, 0.2) is 0 Å². The molecule has 3 unspecified atom stereocenters. The van der Waals surface area contributed by atoms with Gasteiger partial charge in [0.05, 0.1) is 6.10 Å². The van der Waals surface area contributed by atoms with Crippen LogP contribution in [0.2, 0.25) is 0 Å². The van der Waals surface area contributed by atoms with Crippen LogP contribution in [-0.2, 0) is 0 Å². The van der Waals surface area contributed by atoms with Crippen molar-refractivity contribution in [2.75, 3.05) is 0 Å². The first-order chi connectivity index (χ1) is 7.95. The molecule has 0 aromatic carbocycles. The average molecular weight is 240 g/mol. The summed E-state index contributed by atoms with van der Waals surface area (Å²) in [6, 6.07) is 0. The Balaban J connectivity index is 2.36. The van der Waals surface area contributed by atoms with Crippen LogP contribution in [0.4, 0.5) is 0 Å². The molecular formula is C16H32O. The van der Waals surface area contributed by atoms with Crippen molar-refractivity contribution < 1.29 is 5.11 Å². The van der Waals surface area contributed by atoms with Crippen molar-refractivity contribution in [2.24, 2.45) is 17.3 Å². The zero-order valence-electron chi connectivity index (χ0n) is 12.3. The summed E-state index contributed by atoms with van der Waals surface area (Å²) in [6.07, 6.45) is 10.0. The predicted octanol–water partition coefficient (Wildman–Crippen LogP) is 4.78. The molecule has 1 nitrogen and oxygen atoms in total. The second kappa shape index (κ2) is 6.78. The van der Waals surface area contributed by atoms with Gasteiger partial charge in [0.2, 0.25) is 0 Å². The van der Waals surface area contributed by atoms with E-state index in [0.29, 0.717) is 11.3 Å². The van der Waals surface area contributed by atoms with Crippen molar-refractivity contribution >= 4 is 0 Å². The normalized spacial score (nSPS) is 30.5. The van der Waals surface area contributed by atoms with E-state index in [9.17, 15) is 5.11 Å². The van der Waals surface area contributed by atoms with E-state index in [1.165, 1.54) is 44.9 Å². The molecule has 0 saturated heterocycles. The highest BCUT2D eigenvalue weighted by Gasteiger charge is 2.34. The van der Waals surface area contributed by atoms with E-state index in [1.807, 2.05) is 0 Å². The fourth-order valence-electron chi connectivity index (χ4n) is 3.18. The van der Waals surface area contributed by atoms with Crippen molar-refractivity contribution in [1.29, 1.82) is 0 Å². The molecule has 0 bridgehead atoms. The van der Waals surface area contributed by atoms with E-state index < -0.39 is 0 Å². The van der Waals surface area contributed by atoms with Crippen LogP contribution < -0.4 is 0 Å². The van der Waals surface area contributed by atoms with Gasteiger partial charge in [-0.1, -0.05) is 53.4 Å². The molecule has 17 heavy (non-hydrogen) atoms. The average Bonchev–Trinajstić information content (AvgIpc) is 2.25. The molecule has 1 fully saturated rings. The maximum Gasteiger partial charge on any atom is 0.0568 e. The topological polar surface area (TPSA) is 20.2 Å². The van der Waals surface area contributed by atoms with E-state index in [0.717, 1.165) is 12.3 Å². The van der Waals surface area contributed by atoms with Crippen LogP contribution in [0, 0.1) is 17.3 Å². The third kappa shape index (κ3) is 4.99. The van der Waals surface area contributed by atoms with Gasteiger partial charge in [-0.05, 0) is 42.9 Å². The Morgan fingerprint density at radius 1 is 1.06 bits per heavy atom. The SMILES string of the molecule is CCCCCCC1CC(C(C)(C)C)CCC1O. The van der Waals surface area contributed by atoms with Crippen molar-refractivity contribution in [3.63, 3.8) is 0 Å². The van der Waals surface area contributed by atoms with Gasteiger partial charge in [-0.25, -0.2) is 0 Å². The van der Waals surface area contributed by atoms with E-state index in [2.05, 4.69) is 27.7 Å². The number of aliphatic hydroxyl groups excluding tert-OH is 1. The van der Waals surface area contributed by atoms with Gasteiger partial charge in [0.25, 0.3) is 0 Å². The number of rotatable bonds is 5. The molecule has 1 N–H and O–H groups in total. The molecule has 0 aromatic rings. The van der Waals surface area contributed by atoms with Gasteiger partial charge in [-0.15, -0.1) is 0 Å². The standard InChI is InChI=1S/C16H32O/c1-5-6-7-8-9-13-12-14(16(2,3)4)10-11-15(13)17/h13-15,17H,5-12H2,1-4H3. The quantitative estimate of drug-likeness (QED) is 0.686. The van der Waals surface area contributed by atoms with E-state index >= 15 is 0 Å². The molecule has 0 aliphatic heterocycles. The van der Waals surface area contributed by atoms with Crippen LogP contribution in [0.25, 0.3) is 0 Å². The summed E-state index contributed by atoms with van der Waals surface area (Å²) in [5, 5.41) is 10.1. The van der Waals surface area contributed by atoms with E-state index in [1.54, 1.807) is 0 Å². The lowest BCUT2D eigenvalue weighted by Crippen LogP contribution is -2.34. The second-order valence-electron chi connectivity index (χ2n) is 7.05. The molecule has 1 saturated carbocycles. The molecule has 1 aliphatic carbocycles. The molecule has 0 radical (unpaired) electrons. The third-order valence-corrected chi connectivity index (χ3v) is 4.60. The van der Waals surface area contributed by atoms with Crippen LogP contribution in [0.1, 0.15) is 79.1 Å². The molecule has 3 atom stereocenters. The van der Waals surface area contributed by atoms with Crippen LogP contribution in [0.5, 0.6) is 0 Å². The van der Waals surface area contributed by atoms with Crippen LogP contribution in [-0.4, -0.2) is 11.2 Å². The molecule has 0 spiro atoms. The molecule has 0 amide bonds. The van der Waals surface area contributed by atoms with Crippen molar-refractivity contribution in [1.82, 2.24) is 0 Å². The fourth-order valence-corrected chi connectivity index (χ4v) is 3.18. The second-order valence-corrected chi connectivity index (χ2v) is 7.05. The Morgan fingerprint density at radius 3 is 2.35 bits per heavy atom. The highest BCUT2D eigenvalue weighted by molar-refractivity contribution is 4.85. The minimum atomic E-state index is -0.0183. The maximum absolute atomic E-state index is 10.1. The first kappa shape index (κ1) is 15.0. The van der Waals surface area contributed by atoms with E-state index in [4.69, 9.17) is 0 Å². The number of hydrogen-bond donors (Lipinski definition) is 1. The minimum Gasteiger partial charge on any atom is -0.393 e. The highest BCUT2D eigenvalue weighted by atomic mass is 16.3. The number of unbranched alkanes of at least 4 members (excludes halogenated alkanes) is 3. The van der Waals surface area contributed by atoms with Gasteiger partial charge in [0.15, 0.2) is 0 Å². The zero-order chi connectivity index (χ0) is 12.9. The Kier molecular flexibility index (Phi) is 5.99. The Labute approximate surface area is 108 Å². The van der Waals surface area contributed by atoms with Gasteiger partial charge >= 0.3 is 0 Å². The lowest BCUT2D eigenvalue weighted by atomic mass is 9.67. The molecule has 102 valence electrons. The van der Waals surface area contributed by atoms with E-state index in [-0.39, 0.29) is 6.10 Å². The van der Waals surface area contributed by atoms with Gasteiger partial charge in [-0.2, -0.15) is 0 Å². The summed E-state index contributed by atoms with van der Waals surface area (Å²) >= 11 is 0. The summed E-state index contributed by atoms with van der Waals surface area (Å²) in [4.78, 5) is 0. The molecule has 1 rings (SSSR count). The molecule has 1 aliphatic rings. The number of hydrogen-bond acceptors (Lipinski definition) is 1. The zero-order valence-corrected chi connectivity index (χ0v) is 12.3. The van der Waals surface area contributed by atoms with Crippen LogP contribution >= 0.6 is 0 Å². The lowest BCUT2D eigenvalue weighted by Gasteiger charge is -2.40. The predicted molar refractivity (Wildman–Crippen MR) is 75.1 cm³/mol. The van der Waals surface area contributed by atoms with Gasteiger partial charge < -0.3 is 5.11 Å². The minimum absolute atomic E-state index is 0.0183. The molecule has 0 aromatic heterocycles. The highest BCUT2D eigenvalue weighted by Crippen LogP contribution is 2.41. The smallest absolute Gasteiger partial charge is 0.0568 e. The summed E-state index contributed by atoms with van der Waals surface area (Å²) in [7, 11) is 0. The fraction of sp³-hybridized carbons (Fsp3) is 1.00. The van der Waals surface area contributed by atoms with Gasteiger partial charge in [0.1, 0.15) is 0 Å². The summed E-state index contributed by atoms with van der Waals surface area (Å²) in [5.74, 6) is 1.38. The largest absolute Gasteiger partial charge is 0.393 e. The lowest BCUT2D eigenvalue weighted by molar-refractivity contribution is 0.0148. The summed E-state index contributed by atoms with van der Waals surface area (Å²) in [6.45, 7) is 9.31. The van der Waals surface area contributed by atoms with Gasteiger partial charge in [0, 0.05) is 0 Å². The third-order valence-electron chi connectivity index (χ3n) is 4.60. The molecule has 1 heteroatoms. The van der Waals surface area contributed by atoms with Crippen molar-refractivity contribution in [3.05, 3.63) is 0 Å². The number of aliphatic hydroxyl groups is 1. The maximum atomic E-state index is 10.1. The molecular weight excluding hydrogens is 208 g/mol. The van der Waals surface area contributed by atoms with Crippen molar-refractivity contribution in [2.45, 2.75) is 85.2 Å². The molecule has 0 heterocycles. The first-order valence-corrected chi connectivity index (χ1v) is 7.63.